The Morgan fingerprint density at radius 3 is 1.57 bits per heavy atom. The van der Waals surface area contributed by atoms with Crippen molar-refractivity contribution in [1.29, 1.82) is 0 Å². The monoisotopic (exact) mass is 659 g/mol. The van der Waals surface area contributed by atoms with Gasteiger partial charge in [-0.15, -0.1) is 0 Å². The first-order valence-corrected chi connectivity index (χ1v) is 16.5. The molecule has 9 nitrogen and oxygen atoms in total. The van der Waals surface area contributed by atoms with E-state index in [1.54, 1.807) is 37.3 Å². The number of phenolic OH excluding ortho intramolecular Hbond substituents is 2. The molecule has 1 aromatic heterocycles. The second-order valence-corrected chi connectivity index (χ2v) is 10.9. The topological polar surface area (TPSA) is 116 Å². The van der Waals surface area contributed by atoms with E-state index in [-0.39, 0.29) is 29.0 Å². The van der Waals surface area contributed by atoms with Crippen molar-refractivity contribution in [2.75, 3.05) is 19.8 Å². The van der Waals surface area contributed by atoms with Gasteiger partial charge in [0.1, 0.15) is 40.6 Å². The molecule has 0 aliphatic carbocycles. The molecule has 4 rings (SSSR count). The summed E-state index contributed by atoms with van der Waals surface area (Å²) in [5.41, 5.74) is 1.28. The largest absolute Gasteiger partial charge is 0.507 e. The van der Waals surface area contributed by atoms with Crippen LogP contribution in [0.15, 0.2) is 54.6 Å². The Bertz CT molecular complexity index is 1910. The van der Waals surface area contributed by atoms with Crippen molar-refractivity contribution in [2.24, 2.45) is 0 Å². The molecule has 0 saturated carbocycles. The fraction of sp³-hybridized carbons (Fsp3) is 0.325. The molecular weight excluding hydrogens is 618 g/mol. The molecule has 0 aliphatic rings. The number of unbranched alkanes of at least 4 members (excludes halogenated alkanes) is 3. The van der Waals surface area contributed by atoms with Gasteiger partial charge in [-0.05, 0) is 74.4 Å². The second-order valence-electron chi connectivity index (χ2n) is 10.9. The van der Waals surface area contributed by atoms with Crippen molar-refractivity contribution in [3.05, 3.63) is 54.6 Å². The number of hydrogen-bond acceptors (Lipinski definition) is 9. The van der Waals surface area contributed by atoms with Gasteiger partial charge in [0.2, 0.25) is 0 Å². The highest BCUT2D eigenvalue weighted by molar-refractivity contribution is 5.74. The minimum Gasteiger partial charge on any atom is -0.507 e. The summed E-state index contributed by atoms with van der Waals surface area (Å²) in [6.07, 6.45) is 8.14. The molecule has 0 bridgehead atoms. The zero-order valence-corrected chi connectivity index (χ0v) is 28.4. The molecule has 0 atom stereocenters. The molecule has 1 heterocycles. The van der Waals surface area contributed by atoms with Crippen molar-refractivity contribution < 1.29 is 29.2 Å². The summed E-state index contributed by atoms with van der Waals surface area (Å²) in [7, 11) is 0. The van der Waals surface area contributed by atoms with Crippen molar-refractivity contribution >= 4 is 0 Å². The predicted molar refractivity (Wildman–Crippen MR) is 190 cm³/mol. The van der Waals surface area contributed by atoms with Crippen LogP contribution in [0, 0.1) is 35.7 Å². The third-order valence-electron chi connectivity index (χ3n) is 7.07. The molecule has 0 amide bonds. The molecule has 4 aromatic rings. The maximum Gasteiger partial charge on any atom is 0.167 e. The third kappa shape index (κ3) is 10.6. The highest BCUT2D eigenvalue weighted by atomic mass is 16.5. The van der Waals surface area contributed by atoms with E-state index in [0.717, 1.165) is 38.5 Å². The zero-order chi connectivity index (χ0) is 34.8. The maximum atomic E-state index is 11.1. The van der Waals surface area contributed by atoms with Gasteiger partial charge in [-0.3, -0.25) is 0 Å². The van der Waals surface area contributed by atoms with E-state index in [2.05, 4.69) is 61.5 Å². The second kappa shape index (κ2) is 19.1. The number of aromatic hydroxyl groups is 2. The summed E-state index contributed by atoms with van der Waals surface area (Å²) in [5.74, 6) is 15.4. The number of rotatable bonds is 16. The standard InChI is InChI=1S/C40H41N3O6/c1-5-9-13-14-15-25-48-30-17-20-33(36(45)27-30)39-41-38(32-19-16-29(26-35(32)44)46-22-10-6-2)42-40(43-39)34-21-18-31(47-23-11-7-3)28-37(34)49-24-12-8-4/h16-21,26-28,44-45H,6-8,10-12,22-24H2,1-4H3. The van der Waals surface area contributed by atoms with E-state index >= 15 is 0 Å². The quantitative estimate of drug-likeness (QED) is 0.0907. The fourth-order valence-electron chi connectivity index (χ4n) is 4.42. The van der Waals surface area contributed by atoms with E-state index in [1.807, 2.05) is 18.2 Å². The highest BCUT2D eigenvalue weighted by Crippen LogP contribution is 2.38. The summed E-state index contributed by atoms with van der Waals surface area (Å²) >= 11 is 0. The number of aromatic nitrogens is 3. The van der Waals surface area contributed by atoms with Crippen molar-refractivity contribution in [3.63, 3.8) is 0 Å². The fourth-order valence-corrected chi connectivity index (χ4v) is 4.42. The summed E-state index contributed by atoms with van der Waals surface area (Å²) in [4.78, 5) is 14.2. The molecule has 0 aliphatic heterocycles. The maximum absolute atomic E-state index is 11.1. The van der Waals surface area contributed by atoms with Gasteiger partial charge in [0, 0.05) is 30.0 Å². The number of benzene rings is 3. The van der Waals surface area contributed by atoms with E-state index in [9.17, 15) is 10.2 Å². The average molecular weight is 660 g/mol. The number of ether oxygens (including phenoxy) is 4. The van der Waals surface area contributed by atoms with Gasteiger partial charge in [-0.1, -0.05) is 46.0 Å². The third-order valence-corrected chi connectivity index (χ3v) is 7.07. The first kappa shape index (κ1) is 36.0. The van der Waals surface area contributed by atoms with Crippen LogP contribution in [0.25, 0.3) is 34.2 Å². The lowest BCUT2D eigenvalue weighted by atomic mass is 10.1. The number of phenols is 2. The van der Waals surface area contributed by atoms with Crippen LogP contribution in [0.2, 0.25) is 0 Å². The van der Waals surface area contributed by atoms with E-state index < -0.39 is 0 Å². The van der Waals surface area contributed by atoms with Gasteiger partial charge in [-0.25, -0.2) is 15.0 Å². The van der Waals surface area contributed by atoms with E-state index in [0.29, 0.717) is 59.5 Å². The normalized spacial score (nSPS) is 10.0. The molecule has 0 spiro atoms. The molecule has 9 heteroatoms. The Morgan fingerprint density at radius 2 is 1.02 bits per heavy atom. The molecule has 0 unspecified atom stereocenters. The Kier molecular flexibility index (Phi) is 14.0. The van der Waals surface area contributed by atoms with Gasteiger partial charge in [0.15, 0.2) is 17.5 Å². The Morgan fingerprint density at radius 1 is 0.551 bits per heavy atom. The Balaban J connectivity index is 1.80. The minimum absolute atomic E-state index is 0.0595. The predicted octanol–water partition coefficient (Wildman–Crippen LogP) is 8.19. The number of nitrogens with zero attached hydrogens (tertiary/aromatic N) is 3. The first-order chi connectivity index (χ1) is 24.0. The number of hydrogen-bond donors (Lipinski definition) is 2. The van der Waals surface area contributed by atoms with Gasteiger partial charge >= 0.3 is 0 Å². The molecule has 2 N–H and O–H groups in total. The molecule has 0 fully saturated rings. The molecule has 3 aromatic carbocycles. The van der Waals surface area contributed by atoms with Gasteiger partial charge in [0.25, 0.3) is 0 Å². The summed E-state index contributed by atoms with van der Waals surface area (Å²) in [5, 5.41) is 22.2. The molecule has 0 radical (unpaired) electrons. The van der Waals surface area contributed by atoms with Crippen LogP contribution in [-0.2, 0) is 0 Å². The lowest BCUT2D eigenvalue weighted by Crippen LogP contribution is -2.04. The van der Waals surface area contributed by atoms with Gasteiger partial charge < -0.3 is 29.2 Å². The van der Waals surface area contributed by atoms with Crippen LogP contribution in [0.4, 0.5) is 0 Å². The first-order valence-electron chi connectivity index (χ1n) is 16.5. The molecule has 252 valence electrons. The average Bonchev–Trinajstić information content (AvgIpc) is 3.10. The van der Waals surface area contributed by atoms with Gasteiger partial charge in [0.05, 0.1) is 36.5 Å². The van der Waals surface area contributed by atoms with Crippen molar-refractivity contribution in [1.82, 2.24) is 15.0 Å². The van der Waals surface area contributed by atoms with Crippen molar-refractivity contribution in [3.8, 4) is 104 Å². The summed E-state index contributed by atoms with van der Waals surface area (Å²) in [6, 6.07) is 15.2. The molecule has 0 saturated heterocycles. The van der Waals surface area contributed by atoms with Gasteiger partial charge in [-0.2, -0.15) is 0 Å². The Hall–Kier alpha value is -5.85. The highest BCUT2D eigenvalue weighted by Gasteiger charge is 2.20. The van der Waals surface area contributed by atoms with Crippen LogP contribution in [0.5, 0.6) is 34.5 Å². The van der Waals surface area contributed by atoms with Crippen LogP contribution in [0.1, 0.15) is 66.2 Å². The lowest BCUT2D eigenvalue weighted by molar-refractivity contribution is 0.295. The summed E-state index contributed by atoms with van der Waals surface area (Å²) < 4.78 is 23.4. The van der Waals surface area contributed by atoms with Crippen LogP contribution in [0.3, 0.4) is 0 Å². The lowest BCUT2D eigenvalue weighted by Gasteiger charge is -2.15. The zero-order valence-electron chi connectivity index (χ0n) is 28.4. The smallest absolute Gasteiger partial charge is 0.167 e. The van der Waals surface area contributed by atoms with E-state index in [4.69, 9.17) is 28.9 Å². The van der Waals surface area contributed by atoms with Crippen molar-refractivity contribution in [2.45, 2.75) is 66.2 Å². The summed E-state index contributed by atoms with van der Waals surface area (Å²) in [6.45, 7) is 9.60. The van der Waals surface area contributed by atoms with Crippen LogP contribution >= 0.6 is 0 Å². The molecular formula is C40H41N3O6. The SMILES string of the molecule is CC#CC#CC#COc1ccc(-c2nc(-c3ccc(OCCCC)cc3O)nc(-c3ccc(OCCCC)cc3OCCCC)n2)c(O)c1. The Labute approximate surface area is 288 Å². The van der Waals surface area contributed by atoms with E-state index in [1.165, 1.54) is 6.07 Å². The van der Waals surface area contributed by atoms with Crippen LogP contribution < -0.4 is 18.9 Å². The molecule has 49 heavy (non-hydrogen) atoms. The van der Waals surface area contributed by atoms with Crippen LogP contribution in [-0.4, -0.2) is 45.0 Å². The minimum atomic E-state index is -0.145.